The lowest BCUT2D eigenvalue weighted by Crippen LogP contribution is -2.38. The van der Waals surface area contributed by atoms with Crippen LogP contribution in [-0.2, 0) is 22.6 Å². The highest BCUT2D eigenvalue weighted by Gasteiger charge is 2.38. The molecule has 1 aliphatic rings. The molecule has 2 aromatic heterocycles. The number of aliphatic hydroxyl groups excluding tert-OH is 1. The second-order valence-electron chi connectivity index (χ2n) is 11.6. The molecule has 0 spiro atoms. The van der Waals surface area contributed by atoms with Gasteiger partial charge in [0.15, 0.2) is 11.4 Å². The van der Waals surface area contributed by atoms with E-state index in [0.29, 0.717) is 17.8 Å². The molecule has 0 bridgehead atoms. The molecule has 1 fully saturated rings. The van der Waals surface area contributed by atoms with Gasteiger partial charge in [-0.2, -0.15) is 5.10 Å². The lowest BCUT2D eigenvalue weighted by Gasteiger charge is -2.41. The van der Waals surface area contributed by atoms with Crippen molar-refractivity contribution in [3.8, 4) is 11.1 Å². The highest BCUT2D eigenvalue weighted by Crippen LogP contribution is 2.43. The molecule has 4 aromatic carbocycles. The van der Waals surface area contributed by atoms with Crippen molar-refractivity contribution in [1.82, 2.24) is 30.5 Å². The summed E-state index contributed by atoms with van der Waals surface area (Å²) in [6.07, 6.45) is 2.07. The van der Waals surface area contributed by atoms with Gasteiger partial charge in [-0.3, -0.25) is 14.9 Å². The fraction of sp³-hybridized carbons (Fsp3) is 0.216. The van der Waals surface area contributed by atoms with Crippen LogP contribution in [0.4, 0.5) is 0 Å². The minimum atomic E-state index is -0.587. The summed E-state index contributed by atoms with van der Waals surface area (Å²) in [5.74, 6) is 0.443. The zero-order valence-electron chi connectivity index (χ0n) is 26.2. The van der Waals surface area contributed by atoms with Gasteiger partial charge in [-0.05, 0) is 39.9 Å². The number of H-pyrrole nitrogens is 1. The summed E-state index contributed by atoms with van der Waals surface area (Å²) in [6.45, 7) is 2.46. The first-order chi connectivity index (χ1) is 23.6. The first-order valence-electron chi connectivity index (χ1n) is 15.7. The number of hydrogen-bond acceptors (Lipinski definition) is 9. The fourth-order valence-electron chi connectivity index (χ4n) is 5.84. The normalized spacial score (nSPS) is 19.3. The van der Waals surface area contributed by atoms with E-state index >= 15 is 0 Å². The number of benzene rings is 4. The minimum Gasteiger partial charge on any atom is -0.392 e. The zero-order chi connectivity index (χ0) is 32.9. The summed E-state index contributed by atoms with van der Waals surface area (Å²) < 4.78 is 13.2. The predicted molar refractivity (Wildman–Crippen MR) is 183 cm³/mol. The number of nitrogens with zero attached hydrogens (tertiary/aromatic N) is 4. The number of ether oxygens (including phenoxy) is 2. The Morgan fingerprint density at radius 3 is 2.42 bits per heavy atom. The van der Waals surface area contributed by atoms with Crippen molar-refractivity contribution in [1.29, 1.82) is 0 Å². The van der Waals surface area contributed by atoms with E-state index in [1.807, 2.05) is 84.9 Å². The standard InChI is InChI=1S/C37H34N6O4S/c1-23-33(21-48-37-40-22-41-43-37)46-36(47-34(23)26-12-10-24(20-44)11-13-26)27-16-14-25(15-17-27)29-7-3-2-6-28(29)18-39-35(45)32-19-38-30-8-4-5-9-31(30)42-32/h2-17,19,22-23,33-34,36,44H,18,20-21H2,1H3,(H,39,45)(H,40,41,43)/t23-,33+,34+,36+/m1/s1. The monoisotopic (exact) mass is 658 g/mol. The van der Waals surface area contributed by atoms with Gasteiger partial charge in [0.2, 0.25) is 0 Å². The number of amides is 1. The van der Waals surface area contributed by atoms with Crippen molar-refractivity contribution in [2.75, 3.05) is 5.75 Å². The Morgan fingerprint density at radius 1 is 0.896 bits per heavy atom. The van der Waals surface area contributed by atoms with Crippen LogP contribution >= 0.6 is 11.8 Å². The maximum absolute atomic E-state index is 13.0. The minimum absolute atomic E-state index is 0.00940. The zero-order valence-corrected chi connectivity index (χ0v) is 27.0. The van der Waals surface area contributed by atoms with Crippen molar-refractivity contribution in [3.05, 3.63) is 138 Å². The smallest absolute Gasteiger partial charge is 0.271 e. The van der Waals surface area contributed by atoms with E-state index in [-0.39, 0.29) is 36.3 Å². The van der Waals surface area contributed by atoms with Crippen molar-refractivity contribution in [2.45, 2.75) is 43.7 Å². The number of para-hydroxylation sites is 2. The van der Waals surface area contributed by atoms with Crippen LogP contribution in [0.2, 0.25) is 0 Å². The molecule has 1 saturated heterocycles. The Labute approximate surface area is 282 Å². The molecular formula is C37H34N6O4S. The van der Waals surface area contributed by atoms with E-state index in [4.69, 9.17) is 9.47 Å². The molecule has 10 nitrogen and oxygen atoms in total. The summed E-state index contributed by atoms with van der Waals surface area (Å²) in [5.41, 5.74) is 7.47. The Morgan fingerprint density at radius 2 is 1.65 bits per heavy atom. The van der Waals surface area contributed by atoms with Crippen LogP contribution in [-0.4, -0.2) is 48.0 Å². The Bertz CT molecular complexity index is 1990. The number of carbonyl (C=O) groups excluding carboxylic acids is 1. The average molecular weight is 659 g/mol. The van der Waals surface area contributed by atoms with E-state index in [1.165, 1.54) is 12.5 Å². The number of hydrogen-bond donors (Lipinski definition) is 3. The summed E-state index contributed by atoms with van der Waals surface area (Å²) in [5, 5.41) is 20.2. The van der Waals surface area contributed by atoms with E-state index in [2.05, 4.69) is 49.5 Å². The quantitative estimate of drug-likeness (QED) is 0.143. The number of rotatable bonds is 10. The molecule has 0 aliphatic carbocycles. The summed E-state index contributed by atoms with van der Waals surface area (Å²) in [7, 11) is 0. The molecule has 0 radical (unpaired) electrons. The van der Waals surface area contributed by atoms with Crippen LogP contribution in [0.1, 0.15) is 52.1 Å². The van der Waals surface area contributed by atoms with Crippen LogP contribution in [0, 0.1) is 5.92 Å². The van der Waals surface area contributed by atoms with Gasteiger partial charge in [0.25, 0.3) is 5.91 Å². The summed E-state index contributed by atoms with van der Waals surface area (Å²) in [4.78, 5) is 26.1. The average Bonchev–Trinajstić information content (AvgIpc) is 3.67. The molecule has 11 heteroatoms. The van der Waals surface area contributed by atoms with Crippen LogP contribution < -0.4 is 5.32 Å². The third kappa shape index (κ3) is 6.99. The van der Waals surface area contributed by atoms with Crippen molar-refractivity contribution in [2.24, 2.45) is 5.92 Å². The molecule has 48 heavy (non-hydrogen) atoms. The van der Waals surface area contributed by atoms with E-state index < -0.39 is 6.29 Å². The summed E-state index contributed by atoms with van der Waals surface area (Å²) in [6, 6.07) is 31.5. The molecular weight excluding hydrogens is 625 g/mol. The molecule has 0 saturated carbocycles. The molecule has 4 atom stereocenters. The maximum Gasteiger partial charge on any atom is 0.271 e. The lowest BCUT2D eigenvalue weighted by molar-refractivity contribution is -0.268. The Balaban J connectivity index is 1.08. The molecule has 3 heterocycles. The van der Waals surface area contributed by atoms with Crippen LogP contribution in [0.3, 0.4) is 0 Å². The van der Waals surface area contributed by atoms with E-state index in [0.717, 1.165) is 44.1 Å². The molecule has 1 aliphatic heterocycles. The van der Waals surface area contributed by atoms with E-state index in [1.54, 1.807) is 11.8 Å². The molecule has 0 unspecified atom stereocenters. The first-order valence-corrected chi connectivity index (χ1v) is 16.7. The second-order valence-corrected chi connectivity index (χ2v) is 12.6. The van der Waals surface area contributed by atoms with Gasteiger partial charge in [0, 0.05) is 23.8 Å². The van der Waals surface area contributed by atoms with Gasteiger partial charge in [-0.25, -0.2) is 9.97 Å². The third-order valence-corrected chi connectivity index (χ3v) is 9.50. The van der Waals surface area contributed by atoms with Gasteiger partial charge >= 0.3 is 0 Å². The lowest BCUT2D eigenvalue weighted by atomic mass is 9.91. The largest absolute Gasteiger partial charge is 0.392 e. The third-order valence-electron chi connectivity index (χ3n) is 8.53. The van der Waals surface area contributed by atoms with Gasteiger partial charge in [-0.1, -0.05) is 104 Å². The second kappa shape index (κ2) is 14.4. The Hall–Kier alpha value is -4.94. The number of aliphatic hydroxyl groups is 1. The number of aromatic amines is 1. The molecule has 6 aromatic rings. The topological polar surface area (TPSA) is 135 Å². The molecule has 242 valence electrons. The van der Waals surface area contributed by atoms with Crippen LogP contribution in [0.25, 0.3) is 22.2 Å². The fourth-order valence-corrected chi connectivity index (χ4v) is 6.79. The maximum atomic E-state index is 13.0. The molecule has 1 amide bonds. The van der Waals surface area contributed by atoms with Gasteiger partial charge < -0.3 is 19.9 Å². The number of aromatic nitrogens is 5. The SMILES string of the molecule is C[C@@H]1[C@H](CSc2ncn[nH]2)O[C@H](c2ccc(-c3ccccc3CNC(=O)c3cnc4ccccc4n3)cc2)O[C@@H]1c1ccc(CO)cc1. The number of thioether (sulfide) groups is 1. The van der Waals surface area contributed by atoms with Crippen LogP contribution in [0.5, 0.6) is 0 Å². The summed E-state index contributed by atoms with van der Waals surface area (Å²) >= 11 is 1.56. The first kappa shape index (κ1) is 31.6. The molecule has 7 rings (SSSR count). The van der Waals surface area contributed by atoms with Gasteiger partial charge in [0.05, 0.1) is 36.0 Å². The van der Waals surface area contributed by atoms with Crippen molar-refractivity contribution < 1.29 is 19.4 Å². The van der Waals surface area contributed by atoms with E-state index in [9.17, 15) is 9.90 Å². The number of carbonyl (C=O) groups is 1. The van der Waals surface area contributed by atoms with Crippen LogP contribution in [0.15, 0.2) is 115 Å². The number of nitrogens with one attached hydrogen (secondary N) is 2. The molecule has 3 N–H and O–H groups in total. The predicted octanol–water partition coefficient (Wildman–Crippen LogP) is 6.42. The van der Waals surface area contributed by atoms with Crippen molar-refractivity contribution >= 4 is 28.7 Å². The Kier molecular flexibility index (Phi) is 9.53. The van der Waals surface area contributed by atoms with Crippen molar-refractivity contribution in [3.63, 3.8) is 0 Å². The van der Waals surface area contributed by atoms with Gasteiger partial charge in [-0.15, -0.1) is 0 Å². The highest BCUT2D eigenvalue weighted by atomic mass is 32.2. The number of fused-ring (bicyclic) bond motifs is 1. The highest BCUT2D eigenvalue weighted by molar-refractivity contribution is 7.99. The van der Waals surface area contributed by atoms with Gasteiger partial charge in [0.1, 0.15) is 12.0 Å².